The molecule has 2 aliphatic heterocycles. The molecule has 35 heavy (non-hydrogen) atoms. The van der Waals surface area contributed by atoms with Gasteiger partial charge < -0.3 is 15.1 Å². The van der Waals surface area contributed by atoms with Crippen LogP contribution in [0.15, 0.2) is 30.5 Å². The number of halogens is 3. The lowest BCUT2D eigenvalue weighted by molar-refractivity contribution is -0.137. The van der Waals surface area contributed by atoms with Crippen LogP contribution >= 0.6 is 0 Å². The molecule has 2 aliphatic rings. The summed E-state index contributed by atoms with van der Waals surface area (Å²) in [7, 11) is 0. The fourth-order valence-electron chi connectivity index (χ4n) is 4.38. The normalized spacial score (nSPS) is 17.3. The number of hydrogen-bond donors (Lipinski definition) is 1. The Labute approximate surface area is 202 Å². The van der Waals surface area contributed by atoms with Gasteiger partial charge in [-0.2, -0.15) is 17.9 Å². The molecule has 11 heteroatoms. The van der Waals surface area contributed by atoms with Gasteiger partial charge in [-0.05, 0) is 30.5 Å². The number of alkyl halides is 3. The Hall–Kier alpha value is -3.08. The largest absolute Gasteiger partial charge is 0.416 e. The van der Waals surface area contributed by atoms with Crippen molar-refractivity contribution < 1.29 is 22.8 Å². The number of piperazine rings is 1. The first-order valence-electron chi connectivity index (χ1n) is 11.9. The van der Waals surface area contributed by atoms with Gasteiger partial charge in [-0.1, -0.05) is 19.9 Å². The number of rotatable bonds is 5. The zero-order valence-electron chi connectivity index (χ0n) is 20.0. The highest BCUT2D eigenvalue weighted by atomic mass is 19.4. The van der Waals surface area contributed by atoms with Crippen molar-refractivity contribution in [2.24, 2.45) is 5.92 Å². The fourth-order valence-corrected chi connectivity index (χ4v) is 4.38. The Balaban J connectivity index is 1.37. The molecule has 0 aliphatic carbocycles. The highest BCUT2D eigenvalue weighted by molar-refractivity contribution is 5.91. The van der Waals surface area contributed by atoms with Crippen LogP contribution in [0.3, 0.4) is 0 Å². The lowest BCUT2D eigenvalue weighted by Gasteiger charge is -2.35. The molecule has 0 atom stereocenters. The predicted octanol–water partition coefficient (Wildman–Crippen LogP) is 3.88. The van der Waals surface area contributed by atoms with Gasteiger partial charge in [0.1, 0.15) is 0 Å². The maximum Gasteiger partial charge on any atom is 0.416 e. The molecular weight excluding hydrogens is 461 g/mol. The summed E-state index contributed by atoms with van der Waals surface area (Å²) >= 11 is 0. The zero-order valence-corrected chi connectivity index (χ0v) is 20.0. The molecule has 2 aromatic rings. The zero-order chi connectivity index (χ0) is 25.2. The molecule has 2 fully saturated rings. The number of anilines is 2. The van der Waals surface area contributed by atoms with E-state index < -0.39 is 11.7 Å². The molecular formula is C24H31F3N6O2. The molecule has 0 saturated carbocycles. The van der Waals surface area contributed by atoms with Crippen LogP contribution in [0.1, 0.15) is 37.8 Å². The first-order chi connectivity index (χ1) is 16.6. The highest BCUT2D eigenvalue weighted by Gasteiger charge is 2.32. The fraction of sp³-hybridized carbons (Fsp3) is 0.542. The van der Waals surface area contributed by atoms with E-state index in [1.807, 2.05) is 4.90 Å². The van der Waals surface area contributed by atoms with Crippen molar-refractivity contribution >= 4 is 23.4 Å². The number of nitrogens with one attached hydrogen (secondary N) is 1. The average molecular weight is 493 g/mol. The van der Waals surface area contributed by atoms with Gasteiger partial charge in [0, 0.05) is 69.7 Å². The smallest absolute Gasteiger partial charge is 0.371 e. The van der Waals surface area contributed by atoms with Gasteiger partial charge in [-0.15, -0.1) is 5.10 Å². The number of carbonyl (C=O) groups is 2. The van der Waals surface area contributed by atoms with Crippen LogP contribution in [0.5, 0.6) is 0 Å². The second-order valence-corrected chi connectivity index (χ2v) is 9.37. The molecule has 8 nitrogen and oxygen atoms in total. The van der Waals surface area contributed by atoms with Crippen molar-refractivity contribution in [2.45, 2.75) is 39.4 Å². The lowest BCUT2D eigenvalue weighted by atomic mass is 10.1. The summed E-state index contributed by atoms with van der Waals surface area (Å²) in [5.74, 6) is -0.0418. The Kier molecular flexibility index (Phi) is 7.34. The third-order valence-electron chi connectivity index (χ3n) is 6.46. The molecule has 0 radical (unpaired) electrons. The Bertz CT molecular complexity index is 1050. The minimum Gasteiger partial charge on any atom is -0.371 e. The third-order valence-corrected chi connectivity index (χ3v) is 6.46. The molecule has 1 aromatic heterocycles. The number of carbonyl (C=O) groups excluding carboxylic acids is 2. The van der Waals surface area contributed by atoms with Crippen molar-refractivity contribution in [3.63, 3.8) is 0 Å². The molecule has 190 valence electrons. The Morgan fingerprint density at radius 3 is 2.34 bits per heavy atom. The summed E-state index contributed by atoms with van der Waals surface area (Å²) in [6, 6.07) is 5.32. The van der Waals surface area contributed by atoms with Gasteiger partial charge in [-0.25, -0.2) is 4.79 Å². The van der Waals surface area contributed by atoms with Crippen molar-refractivity contribution in [3.05, 3.63) is 41.6 Å². The predicted molar refractivity (Wildman–Crippen MR) is 126 cm³/mol. The van der Waals surface area contributed by atoms with Crippen LogP contribution in [0.2, 0.25) is 0 Å². The van der Waals surface area contributed by atoms with Crippen molar-refractivity contribution in [1.29, 1.82) is 0 Å². The van der Waals surface area contributed by atoms with E-state index in [9.17, 15) is 22.8 Å². The van der Waals surface area contributed by atoms with Gasteiger partial charge in [0.2, 0.25) is 5.91 Å². The van der Waals surface area contributed by atoms with E-state index in [0.717, 1.165) is 37.6 Å². The van der Waals surface area contributed by atoms with Gasteiger partial charge in [-0.3, -0.25) is 9.69 Å². The minimum absolute atomic E-state index is 0.173. The molecule has 0 unspecified atom stereocenters. The highest BCUT2D eigenvalue weighted by Crippen LogP contribution is 2.35. The van der Waals surface area contributed by atoms with E-state index >= 15 is 0 Å². The van der Waals surface area contributed by atoms with Crippen LogP contribution < -0.4 is 10.2 Å². The molecule has 4 rings (SSSR count). The van der Waals surface area contributed by atoms with E-state index in [1.54, 1.807) is 30.9 Å². The molecule has 0 bridgehead atoms. The summed E-state index contributed by atoms with van der Waals surface area (Å²) in [5, 5.41) is 6.83. The summed E-state index contributed by atoms with van der Waals surface area (Å²) in [6.07, 6.45) is -0.891. The van der Waals surface area contributed by atoms with E-state index in [4.69, 9.17) is 0 Å². The number of nitrogens with zero attached hydrogens (tertiary/aromatic N) is 5. The van der Waals surface area contributed by atoms with Crippen LogP contribution in [0, 0.1) is 5.92 Å². The number of amides is 2. The molecule has 3 heterocycles. The monoisotopic (exact) mass is 492 g/mol. The maximum atomic E-state index is 13.3. The van der Waals surface area contributed by atoms with Gasteiger partial charge >= 0.3 is 12.2 Å². The second kappa shape index (κ2) is 10.3. The van der Waals surface area contributed by atoms with E-state index in [-0.39, 0.29) is 17.9 Å². The molecule has 1 N–H and O–H groups in total. The number of benzene rings is 1. The Morgan fingerprint density at radius 1 is 1.03 bits per heavy atom. The van der Waals surface area contributed by atoms with Crippen molar-refractivity contribution in [1.82, 2.24) is 19.6 Å². The average Bonchev–Trinajstić information content (AvgIpc) is 3.51. The summed E-state index contributed by atoms with van der Waals surface area (Å²) in [4.78, 5) is 30.6. The first-order valence-corrected chi connectivity index (χ1v) is 11.9. The van der Waals surface area contributed by atoms with E-state index in [0.29, 0.717) is 44.2 Å². The van der Waals surface area contributed by atoms with Crippen LogP contribution in [0.25, 0.3) is 0 Å². The first kappa shape index (κ1) is 25.0. The van der Waals surface area contributed by atoms with Gasteiger partial charge in [0.15, 0.2) is 5.82 Å². The molecule has 2 amide bonds. The lowest BCUT2D eigenvalue weighted by Crippen LogP contribution is -2.49. The van der Waals surface area contributed by atoms with Gasteiger partial charge in [0.05, 0.1) is 5.56 Å². The minimum atomic E-state index is -4.37. The number of aromatic nitrogens is 2. The Morgan fingerprint density at radius 2 is 1.71 bits per heavy atom. The second-order valence-electron chi connectivity index (χ2n) is 9.37. The third kappa shape index (κ3) is 5.95. The molecule has 1 aromatic carbocycles. The van der Waals surface area contributed by atoms with Crippen LogP contribution in [0.4, 0.5) is 29.5 Å². The van der Waals surface area contributed by atoms with Crippen molar-refractivity contribution in [3.8, 4) is 0 Å². The van der Waals surface area contributed by atoms with E-state index in [2.05, 4.69) is 15.3 Å². The topological polar surface area (TPSA) is 73.7 Å². The van der Waals surface area contributed by atoms with Crippen molar-refractivity contribution in [2.75, 3.05) is 49.5 Å². The summed E-state index contributed by atoms with van der Waals surface area (Å²) in [5.41, 5.74) is 0.905. The van der Waals surface area contributed by atoms with E-state index in [1.165, 1.54) is 16.9 Å². The molecule has 2 saturated heterocycles. The SMILES string of the molecule is CC(C)C(=O)Nc1ccn(C(=O)N2CCN(Cc3ccc(C(F)(F)F)cc3N3CCCC3)CC2)n1. The summed E-state index contributed by atoms with van der Waals surface area (Å²) in [6.45, 7) is 7.76. The molecule has 0 spiro atoms. The quantitative estimate of drug-likeness (QED) is 0.686. The van der Waals surface area contributed by atoms with Crippen LogP contribution in [-0.4, -0.2) is 70.8 Å². The maximum absolute atomic E-state index is 13.3. The van der Waals surface area contributed by atoms with Crippen LogP contribution in [-0.2, 0) is 17.5 Å². The number of hydrogen-bond acceptors (Lipinski definition) is 5. The van der Waals surface area contributed by atoms with Gasteiger partial charge in [0.25, 0.3) is 0 Å². The summed E-state index contributed by atoms with van der Waals surface area (Å²) < 4.78 is 41.1. The standard InChI is InChI=1S/C24H31F3N6O2/c1-17(2)22(34)28-21-7-10-33(29-21)23(35)32-13-11-30(12-14-32)16-18-5-6-19(24(25,26)27)15-20(18)31-8-3-4-9-31/h5-7,10,15,17H,3-4,8-9,11-14,16H2,1-2H3,(H,28,29,34).